The summed E-state index contributed by atoms with van der Waals surface area (Å²) in [5.74, 6) is -1.10. The van der Waals surface area contributed by atoms with Gasteiger partial charge in [0.15, 0.2) is 0 Å². The number of carbonyl (C=O) groups excluding carboxylic acids is 2. The fraction of sp³-hybridized carbons (Fsp3) is 0.231. The number of cyclic esters (lactones) is 2. The fourth-order valence-electron chi connectivity index (χ4n) is 3.70. The molecule has 3 aliphatic rings. The topological polar surface area (TPSA) is 77.7 Å². The van der Waals surface area contributed by atoms with Gasteiger partial charge < -0.3 is 18.9 Å². The van der Waals surface area contributed by atoms with Crippen molar-refractivity contribution in [2.75, 3.05) is 13.2 Å². The van der Waals surface area contributed by atoms with Gasteiger partial charge in [-0.3, -0.25) is 0 Å². The minimum Gasteiger partial charge on any atom is -0.386 e. The first-order valence-electron chi connectivity index (χ1n) is 10.5. The highest BCUT2D eigenvalue weighted by Crippen LogP contribution is 2.40. The first-order valence-corrected chi connectivity index (χ1v) is 10.5. The van der Waals surface area contributed by atoms with Crippen LogP contribution in [0.1, 0.15) is 44.1 Å². The van der Waals surface area contributed by atoms with Crippen molar-refractivity contribution in [1.29, 1.82) is 0 Å². The van der Waals surface area contributed by atoms with E-state index in [1.807, 2.05) is 36.4 Å². The van der Waals surface area contributed by atoms with Crippen molar-refractivity contribution in [3.8, 4) is 0 Å². The van der Waals surface area contributed by atoms with Gasteiger partial charge in [-0.25, -0.2) is 9.59 Å². The van der Waals surface area contributed by atoms with Crippen LogP contribution in [0.2, 0.25) is 0 Å². The second kappa shape index (κ2) is 9.04. The van der Waals surface area contributed by atoms with Crippen molar-refractivity contribution in [3.63, 3.8) is 0 Å². The minimum absolute atomic E-state index is 0.0272. The molecule has 0 N–H and O–H groups in total. The zero-order valence-corrected chi connectivity index (χ0v) is 17.3. The van der Waals surface area contributed by atoms with E-state index in [9.17, 15) is 9.59 Å². The van der Waals surface area contributed by atoms with Crippen LogP contribution in [0.25, 0.3) is 0 Å². The van der Waals surface area contributed by atoms with E-state index in [4.69, 9.17) is 14.2 Å². The van der Waals surface area contributed by atoms with Crippen LogP contribution in [-0.2, 0) is 18.9 Å². The molecule has 3 aliphatic heterocycles. The molecule has 2 saturated heterocycles. The van der Waals surface area contributed by atoms with Crippen molar-refractivity contribution in [2.24, 2.45) is 0 Å². The maximum absolute atomic E-state index is 10.8. The van der Waals surface area contributed by atoms with Crippen molar-refractivity contribution < 1.29 is 28.5 Å². The number of fused-ring (bicyclic) bond motifs is 1. The van der Waals surface area contributed by atoms with Crippen molar-refractivity contribution in [3.05, 3.63) is 107 Å². The van der Waals surface area contributed by atoms with E-state index < -0.39 is 11.9 Å². The Morgan fingerprint density at radius 1 is 0.625 bits per heavy atom. The third kappa shape index (κ3) is 4.62. The Morgan fingerprint density at radius 2 is 1.00 bits per heavy atom. The summed E-state index contributed by atoms with van der Waals surface area (Å²) in [4.78, 5) is 21.7. The van der Waals surface area contributed by atoms with E-state index in [1.165, 1.54) is 11.1 Å². The number of esters is 2. The van der Waals surface area contributed by atoms with Gasteiger partial charge in [0.1, 0.15) is 24.4 Å². The van der Waals surface area contributed by atoms with Gasteiger partial charge in [-0.2, -0.15) is 0 Å². The number of hydrogen-bond acceptors (Lipinski definition) is 6. The Bertz CT molecular complexity index is 1000. The standard InChI is InChI=1S/C18H18O3.C8H4O3/c1-3-7-13(8-4-1)17(15-11-19-15)21-18(16-12-20-16)14-9-5-2-6-10-14;9-7-5-3-1-2-4-6(5)8(10)11-7/h1-10,15-18H,11-12H2;1-4H. The summed E-state index contributed by atoms with van der Waals surface area (Å²) in [6.45, 7) is 1.54. The van der Waals surface area contributed by atoms with Crippen LogP contribution in [-0.4, -0.2) is 37.4 Å². The first kappa shape index (κ1) is 20.6. The SMILES string of the molecule is O=C1OC(=O)c2ccccc21.c1ccc(C(OC(c2ccccc2)C2CO2)C2CO2)cc1. The molecule has 4 unspecified atom stereocenters. The normalized spacial score (nSPS) is 22.1. The van der Waals surface area contributed by atoms with E-state index >= 15 is 0 Å². The van der Waals surface area contributed by atoms with Crippen molar-refractivity contribution in [2.45, 2.75) is 24.4 Å². The molecule has 2 fully saturated rings. The van der Waals surface area contributed by atoms with Gasteiger partial charge in [-0.1, -0.05) is 72.8 Å². The lowest BCUT2D eigenvalue weighted by Gasteiger charge is -2.23. The molecule has 32 heavy (non-hydrogen) atoms. The molecular weight excluding hydrogens is 408 g/mol. The zero-order valence-electron chi connectivity index (χ0n) is 17.3. The Hall–Kier alpha value is -3.32. The largest absolute Gasteiger partial charge is 0.386 e. The Labute approximate surface area is 185 Å². The van der Waals surface area contributed by atoms with E-state index in [-0.39, 0.29) is 24.4 Å². The second-order valence-corrected chi connectivity index (χ2v) is 7.76. The van der Waals surface area contributed by atoms with Crippen molar-refractivity contribution in [1.82, 2.24) is 0 Å². The number of carbonyl (C=O) groups is 2. The summed E-state index contributed by atoms with van der Waals surface area (Å²) in [5.41, 5.74) is 3.05. The second-order valence-electron chi connectivity index (χ2n) is 7.76. The maximum atomic E-state index is 10.8. The predicted molar refractivity (Wildman–Crippen MR) is 115 cm³/mol. The zero-order chi connectivity index (χ0) is 21.9. The van der Waals surface area contributed by atoms with Gasteiger partial charge in [0.2, 0.25) is 0 Å². The molecule has 6 rings (SSSR count). The Balaban J connectivity index is 0.000000165. The fourth-order valence-corrected chi connectivity index (χ4v) is 3.70. The number of rotatable bonds is 6. The van der Waals surface area contributed by atoms with Crippen LogP contribution in [0, 0.1) is 0 Å². The van der Waals surface area contributed by atoms with Crippen LogP contribution >= 0.6 is 0 Å². The van der Waals surface area contributed by atoms with Crippen molar-refractivity contribution >= 4 is 11.9 Å². The molecule has 3 heterocycles. The molecule has 0 aliphatic carbocycles. The summed E-state index contributed by atoms with van der Waals surface area (Å²) < 4.78 is 21.8. The molecule has 0 aromatic heterocycles. The molecular formula is C26H22O6. The summed E-state index contributed by atoms with van der Waals surface area (Å²) in [5, 5.41) is 0. The van der Waals surface area contributed by atoms with Gasteiger partial charge in [-0.15, -0.1) is 0 Å². The smallest absolute Gasteiger partial charge is 0.346 e. The van der Waals surface area contributed by atoms with E-state index in [0.717, 1.165) is 13.2 Å². The lowest BCUT2D eigenvalue weighted by molar-refractivity contribution is -0.0419. The highest BCUT2D eigenvalue weighted by atomic mass is 16.6. The Kier molecular flexibility index (Phi) is 5.81. The molecule has 162 valence electrons. The summed E-state index contributed by atoms with van der Waals surface area (Å²) >= 11 is 0. The monoisotopic (exact) mass is 430 g/mol. The maximum Gasteiger partial charge on any atom is 0.346 e. The molecule has 4 atom stereocenters. The molecule has 0 radical (unpaired) electrons. The van der Waals surface area contributed by atoms with Crippen LogP contribution in [0.4, 0.5) is 0 Å². The predicted octanol–water partition coefficient (Wildman–Crippen LogP) is 4.28. The molecule has 0 amide bonds. The van der Waals surface area contributed by atoms with Crippen LogP contribution in [0.3, 0.4) is 0 Å². The number of hydrogen-bond donors (Lipinski definition) is 0. The molecule has 3 aromatic carbocycles. The van der Waals surface area contributed by atoms with Crippen LogP contribution in [0.5, 0.6) is 0 Å². The number of epoxide rings is 2. The van der Waals surface area contributed by atoms with Gasteiger partial charge in [0.05, 0.1) is 24.3 Å². The molecule has 3 aromatic rings. The molecule has 0 bridgehead atoms. The third-order valence-electron chi connectivity index (χ3n) is 5.50. The van der Waals surface area contributed by atoms with E-state index in [0.29, 0.717) is 11.1 Å². The van der Waals surface area contributed by atoms with Gasteiger partial charge in [0.25, 0.3) is 0 Å². The van der Waals surface area contributed by atoms with E-state index in [1.54, 1.807) is 24.3 Å². The quantitative estimate of drug-likeness (QED) is 0.330. The molecule has 6 heteroatoms. The highest BCUT2D eigenvalue weighted by Gasteiger charge is 2.41. The lowest BCUT2D eigenvalue weighted by atomic mass is 10.0. The average Bonchev–Trinajstić information content (AvgIpc) is 3.76. The van der Waals surface area contributed by atoms with E-state index in [2.05, 4.69) is 29.0 Å². The lowest BCUT2D eigenvalue weighted by Crippen LogP contribution is -2.19. The van der Waals surface area contributed by atoms with Gasteiger partial charge in [-0.05, 0) is 23.3 Å². The average molecular weight is 430 g/mol. The first-order chi connectivity index (χ1) is 15.7. The summed E-state index contributed by atoms with van der Waals surface area (Å²) in [6, 6.07) is 27.1. The number of benzene rings is 3. The molecule has 6 nitrogen and oxygen atoms in total. The molecule has 0 spiro atoms. The highest BCUT2D eigenvalue weighted by molar-refractivity contribution is 6.14. The summed E-state index contributed by atoms with van der Waals surface area (Å²) in [7, 11) is 0. The van der Waals surface area contributed by atoms with Gasteiger partial charge in [0, 0.05) is 0 Å². The third-order valence-corrected chi connectivity index (χ3v) is 5.50. The van der Waals surface area contributed by atoms with Gasteiger partial charge >= 0.3 is 11.9 Å². The Morgan fingerprint density at radius 3 is 1.38 bits per heavy atom. The minimum atomic E-state index is -0.550. The van der Waals surface area contributed by atoms with Crippen LogP contribution in [0.15, 0.2) is 84.9 Å². The molecule has 0 saturated carbocycles. The summed E-state index contributed by atoms with van der Waals surface area (Å²) in [6.07, 6.45) is 0.274. The van der Waals surface area contributed by atoms with Crippen LogP contribution < -0.4 is 0 Å². The number of ether oxygens (including phenoxy) is 4.